The van der Waals surface area contributed by atoms with E-state index in [0.29, 0.717) is 18.5 Å². The van der Waals surface area contributed by atoms with Gasteiger partial charge in [-0.05, 0) is 12.7 Å². The number of aryl methyl sites for hydroxylation is 1. The van der Waals surface area contributed by atoms with Gasteiger partial charge in [0, 0.05) is 25.3 Å². The topological polar surface area (TPSA) is 51.0 Å². The van der Waals surface area contributed by atoms with Crippen molar-refractivity contribution in [3.8, 4) is 5.69 Å². The number of halogens is 1. The number of nitrogens with zero attached hydrogens (tertiary/aromatic N) is 4. The van der Waals surface area contributed by atoms with Crippen LogP contribution in [0.5, 0.6) is 0 Å². The number of thioether (sulfide) groups is 1. The number of amides is 1. The molecule has 5 nitrogen and oxygen atoms in total. The Kier molecular flexibility index (Phi) is 5.54. The summed E-state index contributed by atoms with van der Waals surface area (Å²) in [7, 11) is 1.74. The van der Waals surface area contributed by atoms with Gasteiger partial charge in [-0.1, -0.05) is 6.92 Å². The molecule has 22 heavy (non-hydrogen) atoms. The van der Waals surface area contributed by atoms with Crippen LogP contribution in [0.25, 0.3) is 5.69 Å². The third kappa shape index (κ3) is 3.65. The van der Waals surface area contributed by atoms with Crippen LogP contribution >= 0.6 is 11.8 Å². The van der Waals surface area contributed by atoms with Crippen LogP contribution in [0.1, 0.15) is 19.0 Å². The SMILES string of the molecule is CCc1nn(-c2cncc(F)c2)cc1N(C)C(=O)CCSC. The van der Waals surface area contributed by atoms with Crippen molar-refractivity contribution in [3.05, 3.63) is 36.2 Å². The second-order valence-corrected chi connectivity index (χ2v) is 5.80. The predicted octanol–water partition coefficient (Wildman–Crippen LogP) is 2.68. The molecule has 0 aliphatic carbocycles. The summed E-state index contributed by atoms with van der Waals surface area (Å²) in [5, 5.41) is 4.43. The van der Waals surface area contributed by atoms with Crippen LogP contribution in [0.4, 0.5) is 10.1 Å². The first-order valence-corrected chi connectivity index (χ1v) is 8.41. The fourth-order valence-corrected chi connectivity index (χ4v) is 2.46. The molecule has 2 rings (SSSR count). The molecule has 2 aromatic rings. The van der Waals surface area contributed by atoms with Crippen LogP contribution in [0, 0.1) is 5.82 Å². The molecule has 1 amide bonds. The minimum atomic E-state index is -0.419. The summed E-state index contributed by atoms with van der Waals surface area (Å²) in [6.07, 6.45) is 7.56. The number of aromatic nitrogens is 3. The van der Waals surface area contributed by atoms with E-state index < -0.39 is 5.82 Å². The number of carbonyl (C=O) groups excluding carboxylic acids is 1. The van der Waals surface area contributed by atoms with Gasteiger partial charge in [-0.2, -0.15) is 16.9 Å². The highest BCUT2D eigenvalue weighted by Crippen LogP contribution is 2.22. The van der Waals surface area contributed by atoms with Gasteiger partial charge in [-0.25, -0.2) is 9.07 Å². The van der Waals surface area contributed by atoms with Crippen molar-refractivity contribution >= 4 is 23.4 Å². The van der Waals surface area contributed by atoms with Gasteiger partial charge in [0.1, 0.15) is 5.82 Å². The number of anilines is 1. The van der Waals surface area contributed by atoms with Gasteiger partial charge in [0.25, 0.3) is 0 Å². The van der Waals surface area contributed by atoms with Gasteiger partial charge in [-0.3, -0.25) is 9.78 Å². The smallest absolute Gasteiger partial charge is 0.227 e. The first-order chi connectivity index (χ1) is 10.6. The van der Waals surface area contributed by atoms with Gasteiger partial charge in [0.15, 0.2) is 0 Å². The number of hydrogen-bond acceptors (Lipinski definition) is 4. The first-order valence-electron chi connectivity index (χ1n) is 7.01. The molecular formula is C15H19FN4OS. The Labute approximate surface area is 133 Å². The molecule has 0 radical (unpaired) electrons. The van der Waals surface area contributed by atoms with Gasteiger partial charge < -0.3 is 4.90 Å². The number of carbonyl (C=O) groups is 1. The fourth-order valence-electron chi connectivity index (χ4n) is 2.08. The van der Waals surface area contributed by atoms with Crippen molar-refractivity contribution in [2.75, 3.05) is 24.0 Å². The molecule has 0 unspecified atom stereocenters. The molecular weight excluding hydrogens is 303 g/mol. The zero-order valence-corrected chi connectivity index (χ0v) is 13.7. The Hall–Kier alpha value is -1.89. The third-order valence-electron chi connectivity index (χ3n) is 3.31. The van der Waals surface area contributed by atoms with E-state index in [0.717, 1.165) is 23.3 Å². The number of rotatable bonds is 6. The molecule has 0 saturated carbocycles. The van der Waals surface area contributed by atoms with E-state index in [1.165, 1.54) is 12.3 Å². The second-order valence-electron chi connectivity index (χ2n) is 4.82. The van der Waals surface area contributed by atoms with Crippen LogP contribution in [-0.2, 0) is 11.2 Å². The maximum absolute atomic E-state index is 13.3. The molecule has 118 valence electrons. The molecule has 2 aromatic heterocycles. The van der Waals surface area contributed by atoms with Crippen molar-refractivity contribution in [2.45, 2.75) is 19.8 Å². The summed E-state index contributed by atoms with van der Waals surface area (Å²) in [6.45, 7) is 1.97. The van der Waals surface area contributed by atoms with E-state index >= 15 is 0 Å². The molecule has 0 atom stereocenters. The van der Waals surface area contributed by atoms with E-state index in [1.54, 1.807) is 34.6 Å². The van der Waals surface area contributed by atoms with Crippen LogP contribution in [0.2, 0.25) is 0 Å². The van der Waals surface area contributed by atoms with Crippen LogP contribution in [0.3, 0.4) is 0 Å². The van der Waals surface area contributed by atoms with Crippen LogP contribution in [-0.4, -0.2) is 39.7 Å². The quantitative estimate of drug-likeness (QED) is 0.820. The van der Waals surface area contributed by atoms with Gasteiger partial charge in [0.05, 0.1) is 35.7 Å². The second kappa shape index (κ2) is 7.40. The molecule has 0 aliphatic heterocycles. The van der Waals surface area contributed by atoms with Crippen LogP contribution < -0.4 is 4.90 Å². The largest absolute Gasteiger partial charge is 0.312 e. The van der Waals surface area contributed by atoms with Crippen molar-refractivity contribution in [3.63, 3.8) is 0 Å². The number of pyridine rings is 1. The summed E-state index contributed by atoms with van der Waals surface area (Å²) in [5.41, 5.74) is 2.08. The maximum atomic E-state index is 13.3. The average molecular weight is 322 g/mol. The summed E-state index contributed by atoms with van der Waals surface area (Å²) >= 11 is 1.64. The molecule has 0 aliphatic rings. The van der Waals surface area contributed by atoms with Crippen molar-refractivity contribution in [1.29, 1.82) is 0 Å². The molecule has 0 N–H and O–H groups in total. The lowest BCUT2D eigenvalue weighted by Gasteiger charge is -2.16. The Bertz CT molecular complexity index is 659. The predicted molar refractivity (Wildman–Crippen MR) is 87.1 cm³/mol. The summed E-state index contributed by atoms with van der Waals surface area (Å²) < 4.78 is 14.9. The molecule has 2 heterocycles. The lowest BCUT2D eigenvalue weighted by molar-refractivity contribution is -0.117. The Morgan fingerprint density at radius 2 is 2.23 bits per heavy atom. The monoisotopic (exact) mass is 322 g/mol. The maximum Gasteiger partial charge on any atom is 0.227 e. The molecule has 0 spiro atoms. The third-order valence-corrected chi connectivity index (χ3v) is 3.93. The van der Waals surface area contributed by atoms with E-state index in [2.05, 4.69) is 10.1 Å². The van der Waals surface area contributed by atoms with Crippen molar-refractivity contribution < 1.29 is 9.18 Å². The minimum Gasteiger partial charge on any atom is -0.312 e. The highest BCUT2D eigenvalue weighted by molar-refractivity contribution is 7.98. The van der Waals surface area contributed by atoms with Gasteiger partial charge in [0.2, 0.25) is 5.91 Å². The molecule has 0 saturated heterocycles. The molecule has 0 fully saturated rings. The van der Waals surface area contributed by atoms with Gasteiger partial charge in [-0.15, -0.1) is 0 Å². The minimum absolute atomic E-state index is 0.0426. The Balaban J connectivity index is 2.30. The van der Waals surface area contributed by atoms with E-state index in [9.17, 15) is 9.18 Å². The normalized spacial score (nSPS) is 10.7. The molecule has 0 aromatic carbocycles. The van der Waals surface area contributed by atoms with Crippen LogP contribution in [0.15, 0.2) is 24.7 Å². The summed E-state index contributed by atoms with van der Waals surface area (Å²) in [5.74, 6) is 0.407. The van der Waals surface area contributed by atoms with E-state index in [1.807, 2.05) is 13.2 Å². The summed E-state index contributed by atoms with van der Waals surface area (Å²) in [4.78, 5) is 17.6. The first kappa shape index (κ1) is 16.5. The Morgan fingerprint density at radius 1 is 1.45 bits per heavy atom. The lowest BCUT2D eigenvalue weighted by atomic mass is 10.2. The summed E-state index contributed by atoms with van der Waals surface area (Å²) in [6, 6.07) is 1.36. The van der Waals surface area contributed by atoms with Gasteiger partial charge >= 0.3 is 0 Å². The molecule has 7 heteroatoms. The lowest BCUT2D eigenvalue weighted by Crippen LogP contribution is -2.27. The standard InChI is InChI=1S/C15H19FN4OS/c1-4-13-14(19(2)15(21)5-6-22-3)10-20(18-13)12-7-11(16)8-17-9-12/h7-10H,4-6H2,1-3H3. The van der Waals surface area contributed by atoms with E-state index in [4.69, 9.17) is 0 Å². The zero-order valence-electron chi connectivity index (χ0n) is 12.9. The molecule has 0 bridgehead atoms. The van der Waals surface area contributed by atoms with E-state index in [-0.39, 0.29) is 5.91 Å². The Morgan fingerprint density at radius 3 is 2.86 bits per heavy atom. The number of hydrogen-bond donors (Lipinski definition) is 0. The van der Waals surface area contributed by atoms with Crippen molar-refractivity contribution in [2.24, 2.45) is 0 Å². The van der Waals surface area contributed by atoms with Crippen molar-refractivity contribution in [1.82, 2.24) is 14.8 Å². The average Bonchev–Trinajstić information content (AvgIpc) is 2.96. The fraction of sp³-hybridized carbons (Fsp3) is 0.400. The highest BCUT2D eigenvalue weighted by Gasteiger charge is 2.17. The zero-order chi connectivity index (χ0) is 16.1. The highest BCUT2D eigenvalue weighted by atomic mass is 32.2.